The van der Waals surface area contributed by atoms with Crippen molar-refractivity contribution in [3.63, 3.8) is 0 Å². The van der Waals surface area contributed by atoms with Gasteiger partial charge in [0, 0.05) is 29.1 Å². The first-order valence-electron chi connectivity index (χ1n) is 5.45. The van der Waals surface area contributed by atoms with E-state index < -0.39 is 0 Å². The van der Waals surface area contributed by atoms with Gasteiger partial charge in [0.1, 0.15) is 0 Å². The Morgan fingerprint density at radius 3 is 2.62 bits per heavy atom. The van der Waals surface area contributed by atoms with Crippen molar-refractivity contribution in [2.75, 3.05) is 4.90 Å². The van der Waals surface area contributed by atoms with Gasteiger partial charge >= 0.3 is 0 Å². The Morgan fingerprint density at radius 1 is 1.44 bits per heavy atom. The van der Waals surface area contributed by atoms with Crippen LogP contribution in [0.2, 0.25) is 5.02 Å². The highest BCUT2D eigenvalue weighted by molar-refractivity contribution is 6.30. The Hall–Kier alpha value is -1.02. The molecule has 86 valence electrons. The van der Waals surface area contributed by atoms with Crippen LogP contribution in [0.15, 0.2) is 18.2 Å². The summed E-state index contributed by atoms with van der Waals surface area (Å²) in [6.45, 7) is 7.98. The number of fused-ring (bicyclic) bond motifs is 1. The molecule has 0 saturated carbocycles. The average Bonchev–Trinajstić information content (AvgIpc) is 2.37. The van der Waals surface area contributed by atoms with Gasteiger partial charge in [-0.15, -0.1) is 0 Å². The van der Waals surface area contributed by atoms with Crippen molar-refractivity contribution in [1.29, 1.82) is 0 Å². The van der Waals surface area contributed by atoms with Gasteiger partial charge in [-0.25, -0.2) is 0 Å². The van der Waals surface area contributed by atoms with Crippen molar-refractivity contribution in [1.82, 2.24) is 0 Å². The van der Waals surface area contributed by atoms with Crippen LogP contribution in [0, 0.1) is 0 Å². The van der Waals surface area contributed by atoms with Crippen molar-refractivity contribution in [2.24, 2.45) is 0 Å². The normalized spacial score (nSPS) is 22.1. The van der Waals surface area contributed by atoms with Gasteiger partial charge in [0.15, 0.2) is 0 Å². The molecule has 0 saturated heterocycles. The Morgan fingerprint density at radius 2 is 2.06 bits per heavy atom. The molecule has 0 aliphatic carbocycles. The van der Waals surface area contributed by atoms with E-state index in [1.807, 2.05) is 23.1 Å². The summed E-state index contributed by atoms with van der Waals surface area (Å²) < 4.78 is 0. The van der Waals surface area contributed by atoms with Crippen LogP contribution in [-0.4, -0.2) is 11.9 Å². The molecule has 0 N–H and O–H groups in total. The lowest BCUT2D eigenvalue weighted by molar-refractivity contribution is -0.117. The third-order valence-corrected chi connectivity index (χ3v) is 3.92. The number of carbonyl (C=O) groups excluding carboxylic acids is 1. The van der Waals surface area contributed by atoms with Crippen LogP contribution in [0.25, 0.3) is 0 Å². The van der Waals surface area contributed by atoms with Crippen molar-refractivity contribution in [3.8, 4) is 0 Å². The van der Waals surface area contributed by atoms with Crippen LogP contribution in [0.4, 0.5) is 5.69 Å². The fraction of sp³-hybridized carbons (Fsp3) is 0.462. The molecule has 0 bridgehead atoms. The Labute approximate surface area is 101 Å². The maximum absolute atomic E-state index is 11.7. The minimum absolute atomic E-state index is 0.0497. The molecule has 0 radical (unpaired) electrons. The molecule has 1 heterocycles. The summed E-state index contributed by atoms with van der Waals surface area (Å²) in [5.74, 6) is 0.0849. The van der Waals surface area contributed by atoms with Gasteiger partial charge < -0.3 is 4.90 Å². The van der Waals surface area contributed by atoms with Gasteiger partial charge in [0.2, 0.25) is 5.91 Å². The monoisotopic (exact) mass is 237 g/mol. The van der Waals surface area contributed by atoms with Crippen molar-refractivity contribution in [3.05, 3.63) is 28.8 Å². The molecule has 1 aliphatic heterocycles. The molecule has 0 spiro atoms. The number of rotatable bonds is 0. The molecule has 1 unspecified atom stereocenters. The first-order valence-corrected chi connectivity index (χ1v) is 5.83. The highest BCUT2D eigenvalue weighted by Gasteiger charge is 2.43. The van der Waals surface area contributed by atoms with Gasteiger partial charge in [0.05, 0.1) is 0 Å². The van der Waals surface area contributed by atoms with Gasteiger partial charge in [0.25, 0.3) is 0 Å². The summed E-state index contributed by atoms with van der Waals surface area (Å²) >= 11 is 6.02. The molecule has 1 aromatic rings. The Bertz CT molecular complexity index is 453. The fourth-order valence-corrected chi connectivity index (χ4v) is 2.61. The molecule has 16 heavy (non-hydrogen) atoms. The summed E-state index contributed by atoms with van der Waals surface area (Å²) in [6, 6.07) is 5.91. The van der Waals surface area contributed by atoms with E-state index in [1.165, 1.54) is 0 Å². The minimum atomic E-state index is -0.0497. The largest absolute Gasteiger partial charge is 0.309 e. The number of carbonyl (C=O) groups is 1. The average molecular weight is 238 g/mol. The van der Waals surface area contributed by atoms with Crippen LogP contribution < -0.4 is 4.90 Å². The molecule has 2 nitrogen and oxygen atoms in total. The lowest BCUT2D eigenvalue weighted by Crippen LogP contribution is -2.41. The predicted molar refractivity (Wildman–Crippen MR) is 67.1 cm³/mol. The second kappa shape index (κ2) is 3.49. The Balaban J connectivity index is 2.65. The molecule has 1 aromatic carbocycles. The summed E-state index contributed by atoms with van der Waals surface area (Å²) in [5.41, 5.74) is 2.10. The lowest BCUT2D eigenvalue weighted by Gasteiger charge is -2.29. The number of halogens is 1. The number of hydrogen-bond acceptors (Lipinski definition) is 1. The molecule has 1 amide bonds. The zero-order valence-corrected chi connectivity index (χ0v) is 10.8. The lowest BCUT2D eigenvalue weighted by atomic mass is 9.81. The van der Waals surface area contributed by atoms with Crippen LogP contribution in [0.5, 0.6) is 0 Å². The highest BCUT2D eigenvalue weighted by atomic mass is 35.5. The van der Waals surface area contributed by atoms with E-state index in [0.29, 0.717) is 0 Å². The maximum Gasteiger partial charge on any atom is 0.224 e. The number of hydrogen-bond donors (Lipinski definition) is 0. The molecular weight excluding hydrogens is 222 g/mol. The van der Waals surface area contributed by atoms with E-state index in [9.17, 15) is 4.79 Å². The van der Waals surface area contributed by atoms with Crippen LogP contribution >= 0.6 is 11.6 Å². The molecular formula is C13H16ClNO. The molecule has 3 heteroatoms. The van der Waals surface area contributed by atoms with E-state index >= 15 is 0 Å². The summed E-state index contributed by atoms with van der Waals surface area (Å²) in [6.07, 6.45) is 0. The molecule has 0 fully saturated rings. The first-order chi connectivity index (χ1) is 7.35. The van der Waals surface area contributed by atoms with E-state index in [-0.39, 0.29) is 17.4 Å². The number of anilines is 1. The second-order valence-corrected chi connectivity index (χ2v) is 5.38. The topological polar surface area (TPSA) is 20.3 Å². The fourth-order valence-electron chi connectivity index (χ4n) is 2.43. The number of nitrogens with zero attached hydrogens (tertiary/aromatic N) is 1. The van der Waals surface area contributed by atoms with Gasteiger partial charge in [-0.2, -0.15) is 0 Å². The summed E-state index contributed by atoms with van der Waals surface area (Å²) in [4.78, 5) is 13.5. The molecule has 1 atom stereocenters. The van der Waals surface area contributed by atoms with Gasteiger partial charge in [-0.3, -0.25) is 4.79 Å². The quantitative estimate of drug-likeness (QED) is 0.678. The van der Waals surface area contributed by atoms with Gasteiger partial charge in [-0.05, 0) is 30.7 Å². The van der Waals surface area contributed by atoms with E-state index in [2.05, 4.69) is 20.8 Å². The third kappa shape index (κ3) is 1.44. The first kappa shape index (κ1) is 11.5. The third-order valence-electron chi connectivity index (χ3n) is 3.68. The highest BCUT2D eigenvalue weighted by Crippen LogP contribution is 2.45. The van der Waals surface area contributed by atoms with Crippen molar-refractivity contribution in [2.45, 2.75) is 39.2 Å². The Kier molecular flexibility index (Phi) is 2.50. The van der Waals surface area contributed by atoms with E-state index in [4.69, 9.17) is 11.6 Å². The molecule has 2 rings (SSSR count). The zero-order valence-electron chi connectivity index (χ0n) is 10.0. The van der Waals surface area contributed by atoms with Crippen LogP contribution in [-0.2, 0) is 10.2 Å². The predicted octanol–water partition coefficient (Wildman–Crippen LogP) is 3.37. The smallest absolute Gasteiger partial charge is 0.224 e. The number of amides is 1. The van der Waals surface area contributed by atoms with Crippen LogP contribution in [0.1, 0.15) is 33.3 Å². The van der Waals surface area contributed by atoms with E-state index in [1.54, 1.807) is 6.92 Å². The number of benzene rings is 1. The summed E-state index contributed by atoms with van der Waals surface area (Å²) in [7, 11) is 0. The van der Waals surface area contributed by atoms with Crippen LogP contribution in [0.3, 0.4) is 0 Å². The zero-order chi connectivity index (χ0) is 12.1. The molecule has 1 aliphatic rings. The minimum Gasteiger partial charge on any atom is -0.309 e. The van der Waals surface area contributed by atoms with E-state index in [0.717, 1.165) is 16.3 Å². The maximum atomic E-state index is 11.7. The van der Waals surface area contributed by atoms with Crippen molar-refractivity contribution >= 4 is 23.2 Å². The summed E-state index contributed by atoms with van der Waals surface area (Å²) in [5, 5.41) is 0.726. The standard InChI is InChI=1S/C13H16ClNO/c1-8-13(3,4)11-7-10(14)5-6-12(11)15(8)9(2)16/h5-8H,1-4H3. The molecule has 0 aromatic heterocycles. The van der Waals surface area contributed by atoms with Crippen molar-refractivity contribution < 1.29 is 4.79 Å². The second-order valence-electron chi connectivity index (χ2n) is 4.95. The van der Waals surface area contributed by atoms with Gasteiger partial charge in [-0.1, -0.05) is 25.4 Å². The SMILES string of the molecule is CC(=O)N1c2ccc(Cl)cc2C(C)(C)C1C.